The first-order valence-corrected chi connectivity index (χ1v) is 8.49. The van der Waals surface area contributed by atoms with Gasteiger partial charge in [0.2, 0.25) is 0 Å². The van der Waals surface area contributed by atoms with Crippen LogP contribution < -0.4 is 5.32 Å². The molecule has 1 saturated carbocycles. The summed E-state index contributed by atoms with van der Waals surface area (Å²) in [5, 5.41) is 3.64. The highest BCUT2D eigenvalue weighted by Crippen LogP contribution is 2.21. The van der Waals surface area contributed by atoms with Gasteiger partial charge in [0.15, 0.2) is 0 Å². The highest BCUT2D eigenvalue weighted by atomic mass is 16.5. The molecule has 116 valence electrons. The molecule has 1 aromatic rings. The van der Waals surface area contributed by atoms with Crippen molar-refractivity contribution in [2.75, 3.05) is 19.7 Å². The number of ether oxygens (including phenoxy) is 1. The molecule has 1 aliphatic carbocycles. The van der Waals surface area contributed by atoms with Crippen LogP contribution in [0.25, 0.3) is 0 Å². The van der Waals surface area contributed by atoms with Crippen molar-refractivity contribution in [1.82, 2.24) is 10.2 Å². The Kier molecular flexibility index (Phi) is 5.28. The van der Waals surface area contributed by atoms with Gasteiger partial charge in [0, 0.05) is 38.8 Å². The van der Waals surface area contributed by atoms with E-state index in [-0.39, 0.29) is 0 Å². The number of hydrogen-bond donors (Lipinski definition) is 1. The van der Waals surface area contributed by atoms with Crippen LogP contribution in [-0.2, 0) is 17.8 Å². The molecule has 21 heavy (non-hydrogen) atoms. The lowest BCUT2D eigenvalue weighted by molar-refractivity contribution is 0.0124. The molecule has 0 unspecified atom stereocenters. The summed E-state index contributed by atoms with van der Waals surface area (Å²) >= 11 is 0. The van der Waals surface area contributed by atoms with Gasteiger partial charge in [-0.1, -0.05) is 24.3 Å². The molecule has 0 radical (unpaired) electrons. The van der Waals surface area contributed by atoms with E-state index < -0.39 is 0 Å². The van der Waals surface area contributed by atoms with Crippen molar-refractivity contribution in [3.63, 3.8) is 0 Å². The van der Waals surface area contributed by atoms with E-state index in [1.807, 2.05) is 0 Å². The number of nitrogens with one attached hydrogen (secondary N) is 1. The second-order valence-electron chi connectivity index (χ2n) is 6.35. The Bertz CT molecular complexity index is 437. The summed E-state index contributed by atoms with van der Waals surface area (Å²) < 4.78 is 5.74. The molecule has 0 spiro atoms. The lowest BCUT2D eigenvalue weighted by Crippen LogP contribution is -2.36. The number of likely N-dealkylation sites (tertiary alicyclic amines) is 1. The molecule has 3 rings (SSSR count). The fraction of sp³-hybridized carbons (Fsp3) is 0.667. The molecule has 1 aliphatic heterocycles. The highest BCUT2D eigenvalue weighted by Gasteiger charge is 2.22. The molecule has 1 aromatic carbocycles. The van der Waals surface area contributed by atoms with Crippen molar-refractivity contribution in [2.45, 2.75) is 57.8 Å². The number of nitrogens with zero attached hydrogens (tertiary/aromatic N) is 1. The van der Waals surface area contributed by atoms with Gasteiger partial charge in [-0.15, -0.1) is 0 Å². The fourth-order valence-electron chi connectivity index (χ4n) is 3.14. The normalized spacial score (nSPS) is 20.8. The summed E-state index contributed by atoms with van der Waals surface area (Å²) in [6.45, 7) is 7.37. The van der Waals surface area contributed by atoms with Crippen molar-refractivity contribution in [2.24, 2.45) is 0 Å². The minimum Gasteiger partial charge on any atom is -0.378 e. The van der Waals surface area contributed by atoms with E-state index in [9.17, 15) is 0 Å². The second kappa shape index (κ2) is 7.39. The van der Waals surface area contributed by atoms with Crippen LogP contribution in [0.1, 0.15) is 43.7 Å². The first-order valence-electron chi connectivity index (χ1n) is 8.49. The Labute approximate surface area is 128 Å². The minimum atomic E-state index is 0.484. The van der Waals surface area contributed by atoms with Crippen LogP contribution >= 0.6 is 0 Å². The van der Waals surface area contributed by atoms with Crippen LogP contribution in [0.3, 0.4) is 0 Å². The van der Waals surface area contributed by atoms with E-state index in [1.54, 1.807) is 0 Å². The molecular formula is C18H28N2O. The molecule has 0 amide bonds. The monoisotopic (exact) mass is 288 g/mol. The number of rotatable bonds is 7. The van der Waals surface area contributed by atoms with Crippen molar-refractivity contribution in [3.05, 3.63) is 35.4 Å². The molecule has 0 bridgehead atoms. The smallest absolute Gasteiger partial charge is 0.0599 e. The summed E-state index contributed by atoms with van der Waals surface area (Å²) in [7, 11) is 0. The van der Waals surface area contributed by atoms with Crippen molar-refractivity contribution in [1.29, 1.82) is 0 Å². The van der Waals surface area contributed by atoms with Crippen LogP contribution in [0, 0.1) is 0 Å². The maximum Gasteiger partial charge on any atom is 0.0599 e. The van der Waals surface area contributed by atoms with Gasteiger partial charge in [0.05, 0.1) is 6.10 Å². The zero-order valence-electron chi connectivity index (χ0n) is 13.2. The van der Waals surface area contributed by atoms with E-state index in [1.165, 1.54) is 36.8 Å². The van der Waals surface area contributed by atoms with E-state index in [2.05, 4.69) is 41.4 Å². The van der Waals surface area contributed by atoms with E-state index >= 15 is 0 Å². The van der Waals surface area contributed by atoms with Gasteiger partial charge in [-0.2, -0.15) is 0 Å². The third-order valence-corrected chi connectivity index (χ3v) is 4.61. The Hall–Kier alpha value is -0.900. The van der Waals surface area contributed by atoms with Crippen molar-refractivity contribution < 1.29 is 4.74 Å². The average molecular weight is 288 g/mol. The predicted octanol–water partition coefficient (Wildman–Crippen LogP) is 2.94. The van der Waals surface area contributed by atoms with E-state index in [0.29, 0.717) is 6.10 Å². The SMILES string of the molecule is CCOC1CCN(Cc2ccccc2CNC2CC2)CC1. The first-order chi connectivity index (χ1) is 10.3. The predicted molar refractivity (Wildman–Crippen MR) is 86.2 cm³/mol. The molecule has 1 heterocycles. The standard InChI is InChI=1S/C18H28N2O/c1-2-21-18-9-11-20(12-10-18)14-16-6-4-3-5-15(16)13-19-17-7-8-17/h3-6,17-19H,2,7-14H2,1H3. The molecule has 0 aromatic heterocycles. The quantitative estimate of drug-likeness (QED) is 0.835. The third kappa shape index (κ3) is 4.53. The highest BCUT2D eigenvalue weighted by molar-refractivity contribution is 5.27. The summed E-state index contributed by atoms with van der Waals surface area (Å²) in [6.07, 6.45) is 5.55. The van der Waals surface area contributed by atoms with Crippen molar-refractivity contribution >= 4 is 0 Å². The zero-order valence-corrected chi connectivity index (χ0v) is 13.2. The maximum absolute atomic E-state index is 5.74. The van der Waals surface area contributed by atoms with Gasteiger partial charge in [-0.25, -0.2) is 0 Å². The second-order valence-corrected chi connectivity index (χ2v) is 6.35. The molecule has 3 heteroatoms. The number of benzene rings is 1. The lowest BCUT2D eigenvalue weighted by Gasteiger charge is -2.32. The molecule has 2 aliphatic rings. The van der Waals surface area contributed by atoms with Crippen LogP contribution in [0.15, 0.2) is 24.3 Å². The van der Waals surface area contributed by atoms with Crippen LogP contribution in [0.5, 0.6) is 0 Å². The Morgan fingerprint density at radius 2 is 1.81 bits per heavy atom. The van der Waals surface area contributed by atoms with Crippen molar-refractivity contribution in [3.8, 4) is 0 Å². The van der Waals surface area contributed by atoms with E-state index in [0.717, 1.165) is 38.8 Å². The topological polar surface area (TPSA) is 24.5 Å². The summed E-state index contributed by atoms with van der Waals surface area (Å²) in [4.78, 5) is 2.57. The average Bonchev–Trinajstić information content (AvgIpc) is 3.33. The summed E-state index contributed by atoms with van der Waals surface area (Å²) in [5.41, 5.74) is 2.96. The fourth-order valence-corrected chi connectivity index (χ4v) is 3.14. The van der Waals surface area contributed by atoms with Crippen LogP contribution in [0.2, 0.25) is 0 Å². The molecule has 1 N–H and O–H groups in total. The third-order valence-electron chi connectivity index (χ3n) is 4.61. The van der Waals surface area contributed by atoms with Gasteiger partial charge < -0.3 is 10.1 Å². The first kappa shape index (κ1) is 15.0. The number of piperidine rings is 1. The molecular weight excluding hydrogens is 260 g/mol. The molecule has 2 fully saturated rings. The molecule has 0 atom stereocenters. The maximum atomic E-state index is 5.74. The van der Waals surface area contributed by atoms with Gasteiger partial charge in [0.25, 0.3) is 0 Å². The van der Waals surface area contributed by atoms with Gasteiger partial charge in [-0.05, 0) is 43.7 Å². The van der Waals surface area contributed by atoms with Crippen LogP contribution in [0.4, 0.5) is 0 Å². The van der Waals surface area contributed by atoms with E-state index in [4.69, 9.17) is 4.74 Å². The molecule has 3 nitrogen and oxygen atoms in total. The summed E-state index contributed by atoms with van der Waals surface area (Å²) in [5.74, 6) is 0. The van der Waals surface area contributed by atoms with Gasteiger partial charge >= 0.3 is 0 Å². The largest absolute Gasteiger partial charge is 0.378 e. The molecule has 1 saturated heterocycles. The summed E-state index contributed by atoms with van der Waals surface area (Å²) in [6, 6.07) is 9.67. The Balaban J connectivity index is 1.52. The zero-order chi connectivity index (χ0) is 14.5. The Morgan fingerprint density at radius 1 is 1.10 bits per heavy atom. The Morgan fingerprint density at radius 3 is 2.48 bits per heavy atom. The minimum absolute atomic E-state index is 0.484. The van der Waals surface area contributed by atoms with Crippen LogP contribution in [-0.4, -0.2) is 36.7 Å². The number of hydrogen-bond acceptors (Lipinski definition) is 3. The van der Waals surface area contributed by atoms with Gasteiger partial charge in [0.1, 0.15) is 0 Å². The van der Waals surface area contributed by atoms with Gasteiger partial charge in [-0.3, -0.25) is 4.90 Å². The lowest BCUT2D eigenvalue weighted by atomic mass is 10.0.